The molecular formula is C28H33ClFN3O3. The third kappa shape index (κ3) is 7.77. The van der Waals surface area contributed by atoms with Gasteiger partial charge in [0.2, 0.25) is 0 Å². The van der Waals surface area contributed by atoms with Crippen molar-refractivity contribution < 1.29 is 19.0 Å². The maximum Gasteiger partial charge on any atom is 0.251 e. The van der Waals surface area contributed by atoms with Gasteiger partial charge in [-0.25, -0.2) is 4.39 Å². The molecule has 0 fully saturated rings. The highest BCUT2D eigenvalue weighted by Gasteiger charge is 2.25. The summed E-state index contributed by atoms with van der Waals surface area (Å²) in [6, 6.07) is 18.6. The van der Waals surface area contributed by atoms with Crippen LogP contribution >= 0.6 is 11.6 Å². The first-order valence-electron chi connectivity index (χ1n) is 11.7. The van der Waals surface area contributed by atoms with Gasteiger partial charge in [0.25, 0.3) is 5.91 Å². The molecule has 0 bridgehead atoms. The smallest absolute Gasteiger partial charge is 0.251 e. The van der Waals surface area contributed by atoms with Crippen molar-refractivity contribution in [3.8, 4) is 0 Å². The Bertz CT molecular complexity index is 1170. The van der Waals surface area contributed by atoms with E-state index in [1.165, 1.54) is 12.1 Å². The first-order chi connectivity index (χ1) is 17.1. The van der Waals surface area contributed by atoms with Crippen LogP contribution < -0.4 is 16.0 Å². The summed E-state index contributed by atoms with van der Waals surface area (Å²) in [6.45, 7) is 1.92. The molecule has 6 nitrogen and oxygen atoms in total. The van der Waals surface area contributed by atoms with Crippen molar-refractivity contribution in [2.24, 2.45) is 5.73 Å². The normalized spacial score (nSPS) is 13.6. The zero-order valence-electron chi connectivity index (χ0n) is 20.8. The average molecular weight is 514 g/mol. The molecule has 3 rings (SSSR count). The minimum absolute atomic E-state index is 0.116. The Morgan fingerprint density at radius 3 is 2.50 bits per heavy atom. The molecule has 1 unspecified atom stereocenters. The Balaban J connectivity index is 1.69. The fourth-order valence-corrected chi connectivity index (χ4v) is 4.05. The molecule has 192 valence electrons. The lowest BCUT2D eigenvalue weighted by Crippen LogP contribution is -2.50. The number of anilines is 1. The van der Waals surface area contributed by atoms with Crippen molar-refractivity contribution in [1.82, 2.24) is 5.32 Å². The monoisotopic (exact) mass is 513 g/mol. The van der Waals surface area contributed by atoms with Crippen molar-refractivity contribution in [3.05, 3.63) is 99.8 Å². The number of benzene rings is 3. The number of rotatable bonds is 11. The summed E-state index contributed by atoms with van der Waals surface area (Å²) < 4.78 is 19.1. The summed E-state index contributed by atoms with van der Waals surface area (Å²) in [7, 11) is 3.79. The lowest BCUT2D eigenvalue weighted by molar-refractivity contribution is 0.0457. The Hall–Kier alpha value is -2.97. The molecular weight excluding hydrogens is 481 g/mol. The zero-order valence-corrected chi connectivity index (χ0v) is 21.6. The zero-order chi connectivity index (χ0) is 26.3. The van der Waals surface area contributed by atoms with Crippen molar-refractivity contribution >= 4 is 23.2 Å². The van der Waals surface area contributed by atoms with E-state index in [1.807, 2.05) is 50.2 Å². The molecule has 1 amide bonds. The SMILES string of the molecule is C[C@@H](NC(=O)c1cc(COCC(N)(CO)Cc2cccc(Cl)c2)cc(N(C)C)c1)c1ccc(F)cc1. The first kappa shape index (κ1) is 27.6. The van der Waals surface area contributed by atoms with E-state index in [9.17, 15) is 14.3 Å². The van der Waals surface area contributed by atoms with Crippen LogP contribution in [-0.2, 0) is 17.8 Å². The summed E-state index contributed by atoms with van der Waals surface area (Å²) in [4.78, 5) is 14.9. The molecule has 3 aromatic rings. The van der Waals surface area contributed by atoms with Gasteiger partial charge in [-0.1, -0.05) is 35.9 Å². The molecule has 2 atom stereocenters. The van der Waals surface area contributed by atoms with Gasteiger partial charge in [-0.05, 0) is 72.5 Å². The number of aliphatic hydroxyl groups is 1. The molecule has 0 heterocycles. The van der Waals surface area contributed by atoms with Crippen LogP contribution in [0.1, 0.15) is 40.0 Å². The lowest BCUT2D eigenvalue weighted by atomic mass is 9.93. The number of hydrogen-bond donors (Lipinski definition) is 3. The summed E-state index contributed by atoms with van der Waals surface area (Å²) in [6.07, 6.45) is 0.400. The van der Waals surface area contributed by atoms with E-state index in [2.05, 4.69) is 5.32 Å². The van der Waals surface area contributed by atoms with Gasteiger partial charge in [0.15, 0.2) is 0 Å². The second-order valence-electron chi connectivity index (χ2n) is 9.35. The van der Waals surface area contributed by atoms with Crippen LogP contribution in [0.5, 0.6) is 0 Å². The van der Waals surface area contributed by atoms with Crippen LogP contribution in [0.15, 0.2) is 66.7 Å². The second-order valence-corrected chi connectivity index (χ2v) is 9.79. The van der Waals surface area contributed by atoms with Crippen molar-refractivity contribution in [1.29, 1.82) is 0 Å². The second kappa shape index (κ2) is 12.3. The Morgan fingerprint density at radius 1 is 1.14 bits per heavy atom. The third-order valence-corrected chi connectivity index (χ3v) is 6.13. The maximum absolute atomic E-state index is 13.2. The van der Waals surface area contributed by atoms with Gasteiger partial charge in [0, 0.05) is 30.4 Å². The molecule has 0 aliphatic carbocycles. The minimum atomic E-state index is -0.978. The molecule has 0 saturated carbocycles. The molecule has 0 radical (unpaired) electrons. The molecule has 0 spiro atoms. The van der Waals surface area contributed by atoms with Crippen molar-refractivity contribution in [2.45, 2.75) is 31.5 Å². The Morgan fingerprint density at radius 2 is 1.86 bits per heavy atom. The standard InChI is InChI=1S/C28H33ClFN3O3/c1-19(22-7-9-25(30)10-8-22)32-27(35)23-11-21(13-26(14-23)33(2)3)16-36-18-28(31,17-34)15-20-5-4-6-24(29)12-20/h4-14,19,34H,15-18,31H2,1-3H3,(H,32,35)/t19-,28?/m1/s1. The summed E-state index contributed by atoms with van der Waals surface area (Å²) in [5.41, 5.74) is 9.26. The van der Waals surface area contributed by atoms with Crippen LogP contribution in [0.3, 0.4) is 0 Å². The summed E-state index contributed by atoms with van der Waals surface area (Å²) in [5.74, 6) is -0.572. The Labute approximate surface area is 216 Å². The number of halogens is 2. The number of carbonyl (C=O) groups is 1. The van der Waals surface area contributed by atoms with Gasteiger partial charge in [0.05, 0.1) is 31.4 Å². The molecule has 8 heteroatoms. The van der Waals surface area contributed by atoms with Gasteiger partial charge in [-0.2, -0.15) is 0 Å². The predicted molar refractivity (Wildman–Crippen MR) is 142 cm³/mol. The predicted octanol–water partition coefficient (Wildman–Crippen LogP) is 4.49. The largest absolute Gasteiger partial charge is 0.394 e. The molecule has 4 N–H and O–H groups in total. The van der Waals surface area contributed by atoms with E-state index in [-0.39, 0.29) is 37.6 Å². The van der Waals surface area contributed by atoms with E-state index in [1.54, 1.807) is 30.3 Å². The van der Waals surface area contributed by atoms with Crippen molar-refractivity contribution in [2.75, 3.05) is 32.2 Å². The summed E-state index contributed by atoms with van der Waals surface area (Å²) in [5, 5.41) is 13.5. The van der Waals surface area contributed by atoms with Crippen LogP contribution in [-0.4, -0.2) is 43.9 Å². The highest BCUT2D eigenvalue weighted by Crippen LogP contribution is 2.21. The first-order valence-corrected chi connectivity index (χ1v) is 12.1. The molecule has 0 aliphatic rings. The van der Waals surface area contributed by atoms with Gasteiger partial charge in [-0.15, -0.1) is 0 Å². The van der Waals surface area contributed by atoms with Gasteiger partial charge in [0.1, 0.15) is 5.82 Å². The number of ether oxygens (including phenoxy) is 1. The van der Waals surface area contributed by atoms with Crippen molar-refractivity contribution in [3.63, 3.8) is 0 Å². The van der Waals surface area contributed by atoms with Gasteiger partial charge < -0.3 is 25.8 Å². The third-order valence-electron chi connectivity index (χ3n) is 5.89. The average Bonchev–Trinajstić information content (AvgIpc) is 2.84. The fourth-order valence-electron chi connectivity index (χ4n) is 3.84. The highest BCUT2D eigenvalue weighted by molar-refractivity contribution is 6.30. The van der Waals surface area contributed by atoms with Gasteiger partial charge >= 0.3 is 0 Å². The van der Waals surface area contributed by atoms with Gasteiger partial charge in [-0.3, -0.25) is 4.79 Å². The van der Waals surface area contributed by atoms with Crippen LogP contribution in [0, 0.1) is 5.82 Å². The molecule has 36 heavy (non-hydrogen) atoms. The number of nitrogens with one attached hydrogen (secondary N) is 1. The maximum atomic E-state index is 13.2. The molecule has 0 saturated heterocycles. The van der Waals surface area contributed by atoms with Crippen LogP contribution in [0.2, 0.25) is 5.02 Å². The number of aliphatic hydroxyl groups excluding tert-OH is 1. The van der Waals surface area contributed by atoms with Crippen LogP contribution in [0.25, 0.3) is 0 Å². The van der Waals surface area contributed by atoms with E-state index in [0.717, 1.165) is 22.4 Å². The lowest BCUT2D eigenvalue weighted by Gasteiger charge is -2.27. The Kier molecular flexibility index (Phi) is 9.45. The van der Waals surface area contributed by atoms with E-state index < -0.39 is 5.54 Å². The molecule has 0 aliphatic heterocycles. The molecule has 0 aromatic heterocycles. The highest BCUT2D eigenvalue weighted by atomic mass is 35.5. The van der Waals surface area contributed by atoms with Crippen LogP contribution in [0.4, 0.5) is 10.1 Å². The topological polar surface area (TPSA) is 87.8 Å². The number of hydrogen-bond acceptors (Lipinski definition) is 5. The fraction of sp³-hybridized carbons (Fsp3) is 0.321. The van der Waals surface area contributed by atoms with E-state index in [0.29, 0.717) is 17.0 Å². The number of nitrogens with two attached hydrogens (primary N) is 1. The van der Waals surface area contributed by atoms with E-state index in [4.69, 9.17) is 22.1 Å². The minimum Gasteiger partial charge on any atom is -0.394 e. The molecule has 3 aromatic carbocycles. The number of carbonyl (C=O) groups excluding carboxylic acids is 1. The number of amides is 1. The van der Waals surface area contributed by atoms with E-state index >= 15 is 0 Å². The summed E-state index contributed by atoms with van der Waals surface area (Å²) >= 11 is 6.07. The number of nitrogens with zero attached hydrogens (tertiary/aromatic N) is 1. The quantitative estimate of drug-likeness (QED) is 0.352.